The minimum absolute atomic E-state index is 0.366. The van der Waals surface area contributed by atoms with Crippen LogP contribution in [-0.2, 0) is 11.3 Å². The number of carbonyl (C=O) groups is 2. The summed E-state index contributed by atoms with van der Waals surface area (Å²) in [6, 6.07) is 5.49. The van der Waals surface area contributed by atoms with Crippen LogP contribution in [0.15, 0.2) is 22.7 Å². The second-order valence-electron chi connectivity index (χ2n) is 3.32. The van der Waals surface area contributed by atoms with Gasteiger partial charge in [-0.25, -0.2) is 0 Å². The molecule has 0 heterocycles. The van der Waals surface area contributed by atoms with Gasteiger partial charge in [-0.2, -0.15) is 0 Å². The van der Waals surface area contributed by atoms with Gasteiger partial charge >= 0.3 is 0 Å². The normalized spacial score (nSPS) is 10.3. The maximum atomic E-state index is 10.8. The fourth-order valence-electron chi connectivity index (χ4n) is 1.31. The smallest absolute Gasteiger partial charge is 0.150 e. The number of carbonyl (C=O) groups excluding carboxylic acids is 2. The van der Waals surface area contributed by atoms with Crippen molar-refractivity contribution in [1.82, 2.24) is 4.90 Å². The lowest BCUT2D eigenvalue weighted by molar-refractivity contribution is -0.108. The largest absolute Gasteiger partial charge is 0.302 e. The van der Waals surface area contributed by atoms with Crippen LogP contribution in [0.1, 0.15) is 15.9 Å². The molecule has 15 heavy (non-hydrogen) atoms. The van der Waals surface area contributed by atoms with Gasteiger partial charge < -0.3 is 4.79 Å². The molecule has 0 aliphatic carbocycles. The van der Waals surface area contributed by atoms with E-state index in [2.05, 4.69) is 15.9 Å². The van der Waals surface area contributed by atoms with Gasteiger partial charge in [-0.15, -0.1) is 0 Å². The first-order valence-corrected chi connectivity index (χ1v) is 5.32. The Morgan fingerprint density at radius 1 is 1.40 bits per heavy atom. The third-order valence-corrected chi connectivity index (χ3v) is 2.55. The molecule has 0 aromatic heterocycles. The van der Waals surface area contributed by atoms with Gasteiger partial charge in [0.15, 0.2) is 0 Å². The van der Waals surface area contributed by atoms with Gasteiger partial charge in [-0.05, 0) is 24.7 Å². The molecule has 3 nitrogen and oxygen atoms in total. The third kappa shape index (κ3) is 3.57. The summed E-state index contributed by atoms with van der Waals surface area (Å²) in [5, 5.41) is 0. The number of benzene rings is 1. The maximum Gasteiger partial charge on any atom is 0.150 e. The molecule has 0 spiro atoms. The van der Waals surface area contributed by atoms with Gasteiger partial charge in [-0.1, -0.05) is 22.0 Å². The van der Waals surface area contributed by atoms with Crippen molar-refractivity contribution in [2.45, 2.75) is 6.54 Å². The van der Waals surface area contributed by atoms with E-state index in [-0.39, 0.29) is 0 Å². The molecule has 0 amide bonds. The Labute approximate surface area is 97.2 Å². The highest BCUT2D eigenvalue weighted by Gasteiger charge is 2.05. The van der Waals surface area contributed by atoms with Crippen molar-refractivity contribution in [3.05, 3.63) is 33.8 Å². The summed E-state index contributed by atoms with van der Waals surface area (Å²) in [4.78, 5) is 22.9. The summed E-state index contributed by atoms with van der Waals surface area (Å²) < 4.78 is 0.933. The molecule has 0 bridgehead atoms. The lowest BCUT2D eigenvalue weighted by Crippen LogP contribution is -2.20. The first-order chi connectivity index (χ1) is 7.17. The summed E-state index contributed by atoms with van der Waals surface area (Å²) >= 11 is 3.35. The van der Waals surface area contributed by atoms with Crippen molar-refractivity contribution < 1.29 is 9.59 Å². The summed E-state index contributed by atoms with van der Waals surface area (Å²) in [6.45, 7) is 0.955. The van der Waals surface area contributed by atoms with Crippen LogP contribution in [0.4, 0.5) is 0 Å². The van der Waals surface area contributed by atoms with Crippen LogP contribution in [0, 0.1) is 0 Å². The molecule has 80 valence electrons. The number of nitrogens with zero attached hydrogens (tertiary/aromatic N) is 1. The SMILES string of the molecule is CN(CC=O)Cc1cc(Br)ccc1C=O. The second kappa shape index (κ2) is 5.78. The van der Waals surface area contributed by atoms with E-state index in [1.807, 2.05) is 24.1 Å². The zero-order valence-electron chi connectivity index (χ0n) is 8.44. The zero-order valence-corrected chi connectivity index (χ0v) is 10.0. The number of likely N-dealkylation sites (N-methyl/N-ethyl adjacent to an activating group) is 1. The molecule has 4 heteroatoms. The topological polar surface area (TPSA) is 37.4 Å². The molecule has 0 saturated heterocycles. The summed E-state index contributed by atoms with van der Waals surface area (Å²) in [5.74, 6) is 0. The highest BCUT2D eigenvalue weighted by Crippen LogP contribution is 2.16. The van der Waals surface area contributed by atoms with Crippen LogP contribution < -0.4 is 0 Å². The number of rotatable bonds is 5. The molecule has 0 aliphatic heterocycles. The van der Waals surface area contributed by atoms with Crippen molar-refractivity contribution in [2.24, 2.45) is 0 Å². The number of halogens is 1. The summed E-state index contributed by atoms with van der Waals surface area (Å²) in [5.41, 5.74) is 1.58. The minimum Gasteiger partial charge on any atom is -0.302 e. The van der Waals surface area contributed by atoms with Crippen LogP contribution in [0.5, 0.6) is 0 Å². The van der Waals surface area contributed by atoms with Crippen molar-refractivity contribution in [3.63, 3.8) is 0 Å². The quantitative estimate of drug-likeness (QED) is 0.767. The van der Waals surface area contributed by atoms with Gasteiger partial charge in [0.1, 0.15) is 12.6 Å². The van der Waals surface area contributed by atoms with E-state index in [4.69, 9.17) is 0 Å². The van der Waals surface area contributed by atoms with Crippen LogP contribution in [0.25, 0.3) is 0 Å². The molecular formula is C11H12BrNO2. The molecule has 0 atom stereocenters. The van der Waals surface area contributed by atoms with E-state index < -0.39 is 0 Å². The second-order valence-corrected chi connectivity index (χ2v) is 4.24. The average Bonchev–Trinajstić information content (AvgIpc) is 2.18. The maximum absolute atomic E-state index is 10.8. The predicted octanol–water partition coefficient (Wildman–Crippen LogP) is 1.89. The molecule has 0 unspecified atom stereocenters. The number of hydrogen-bond acceptors (Lipinski definition) is 3. The van der Waals surface area contributed by atoms with Crippen molar-refractivity contribution in [1.29, 1.82) is 0 Å². The molecular weight excluding hydrogens is 258 g/mol. The van der Waals surface area contributed by atoms with Gasteiger partial charge in [0.05, 0.1) is 6.54 Å². The first-order valence-electron chi connectivity index (χ1n) is 4.53. The molecule has 0 radical (unpaired) electrons. The van der Waals surface area contributed by atoms with Gasteiger partial charge in [-0.3, -0.25) is 9.69 Å². The lowest BCUT2D eigenvalue weighted by Gasteiger charge is -2.14. The lowest BCUT2D eigenvalue weighted by atomic mass is 10.1. The Bertz CT molecular complexity index is 366. The monoisotopic (exact) mass is 269 g/mol. The Balaban J connectivity index is 2.86. The summed E-state index contributed by atoms with van der Waals surface area (Å²) in [6.07, 6.45) is 1.68. The van der Waals surface area contributed by atoms with E-state index in [1.54, 1.807) is 6.07 Å². The predicted molar refractivity (Wildman–Crippen MR) is 61.9 cm³/mol. The fraction of sp³-hybridized carbons (Fsp3) is 0.273. The van der Waals surface area contributed by atoms with Gasteiger partial charge in [0, 0.05) is 16.6 Å². The standard InChI is InChI=1S/C11H12BrNO2/c1-13(4-5-14)7-10-6-11(12)3-2-9(10)8-15/h2-3,5-6,8H,4,7H2,1H3. The molecule has 0 N–H and O–H groups in total. The Morgan fingerprint density at radius 2 is 2.13 bits per heavy atom. The molecule has 0 saturated carbocycles. The minimum atomic E-state index is 0.366. The van der Waals surface area contributed by atoms with Crippen LogP contribution in [-0.4, -0.2) is 31.1 Å². The van der Waals surface area contributed by atoms with E-state index >= 15 is 0 Å². The zero-order chi connectivity index (χ0) is 11.3. The van der Waals surface area contributed by atoms with E-state index in [1.165, 1.54) is 0 Å². The van der Waals surface area contributed by atoms with E-state index in [9.17, 15) is 9.59 Å². The Kier molecular flexibility index (Phi) is 4.65. The molecule has 1 rings (SSSR count). The van der Waals surface area contributed by atoms with Crippen LogP contribution in [0.2, 0.25) is 0 Å². The summed E-state index contributed by atoms with van der Waals surface area (Å²) in [7, 11) is 1.84. The van der Waals surface area contributed by atoms with Crippen molar-refractivity contribution in [3.8, 4) is 0 Å². The van der Waals surface area contributed by atoms with E-state index in [0.29, 0.717) is 18.7 Å². The highest BCUT2D eigenvalue weighted by molar-refractivity contribution is 9.10. The number of aldehydes is 2. The Morgan fingerprint density at radius 3 is 2.73 bits per heavy atom. The van der Waals surface area contributed by atoms with Crippen molar-refractivity contribution >= 4 is 28.5 Å². The van der Waals surface area contributed by atoms with Crippen molar-refractivity contribution in [2.75, 3.05) is 13.6 Å². The van der Waals surface area contributed by atoms with Crippen LogP contribution >= 0.6 is 15.9 Å². The first kappa shape index (κ1) is 12.1. The molecule has 1 aromatic carbocycles. The fourth-order valence-corrected chi connectivity index (χ4v) is 1.72. The van der Waals surface area contributed by atoms with E-state index in [0.717, 1.165) is 22.6 Å². The van der Waals surface area contributed by atoms with Gasteiger partial charge in [0.25, 0.3) is 0 Å². The highest BCUT2D eigenvalue weighted by atomic mass is 79.9. The average molecular weight is 270 g/mol. The van der Waals surface area contributed by atoms with Crippen LogP contribution in [0.3, 0.4) is 0 Å². The molecule has 0 aliphatic rings. The third-order valence-electron chi connectivity index (χ3n) is 2.06. The van der Waals surface area contributed by atoms with Gasteiger partial charge in [0.2, 0.25) is 0 Å². The Hall–Kier alpha value is -1.00. The molecule has 1 aromatic rings. The molecule has 0 fully saturated rings. The number of hydrogen-bond donors (Lipinski definition) is 0.